The lowest BCUT2D eigenvalue weighted by Crippen LogP contribution is -2.56. The van der Waals surface area contributed by atoms with Crippen LogP contribution >= 0.6 is 0 Å². The molecular formula is C76H104N14O23S. The van der Waals surface area contributed by atoms with Gasteiger partial charge in [-0.25, -0.2) is 14.4 Å². The summed E-state index contributed by atoms with van der Waals surface area (Å²) >= 11 is 0. The summed E-state index contributed by atoms with van der Waals surface area (Å²) in [5, 5.41) is 52.9. The Morgan fingerprint density at radius 1 is 0.754 bits per heavy atom. The number of fused-ring (bicyclic) bond motifs is 5. The van der Waals surface area contributed by atoms with Crippen LogP contribution in [0.1, 0.15) is 129 Å². The second-order valence-electron chi connectivity index (χ2n) is 29.4. The highest BCUT2D eigenvalue weighted by molar-refractivity contribution is 7.85. The largest absolute Gasteiger partial charge is 0.481 e. The smallest absolute Gasteiger partial charge is 0.409 e. The van der Waals surface area contributed by atoms with Crippen LogP contribution in [0.2, 0.25) is 0 Å². The molecule has 0 aliphatic carbocycles. The number of aliphatic hydroxyl groups is 2. The highest BCUT2D eigenvalue weighted by atomic mass is 32.2. The normalized spacial score (nSPS) is 22.2. The van der Waals surface area contributed by atoms with Crippen LogP contribution < -0.4 is 48.3 Å². The van der Waals surface area contributed by atoms with Crippen LogP contribution in [0.25, 0.3) is 10.9 Å². The van der Waals surface area contributed by atoms with Crippen molar-refractivity contribution in [1.29, 1.82) is 0 Å². The van der Waals surface area contributed by atoms with E-state index in [1.54, 1.807) is 64.1 Å². The highest BCUT2D eigenvalue weighted by Crippen LogP contribution is 2.33. The van der Waals surface area contributed by atoms with Crippen molar-refractivity contribution in [3.05, 3.63) is 71.8 Å². The predicted octanol–water partition coefficient (Wildman–Crippen LogP) is 0.230. The lowest BCUT2D eigenvalue weighted by Gasteiger charge is -2.32. The molecule has 38 heteroatoms. The number of Topliss-reactive ketones (excluding diaryl/α,β-unsaturated/α-hetero) is 3. The Morgan fingerprint density at radius 2 is 1.44 bits per heavy atom. The molecule has 1 aromatic heterocycles. The molecule has 0 radical (unpaired) electrons. The third-order valence-electron chi connectivity index (χ3n) is 20.6. The van der Waals surface area contributed by atoms with Crippen molar-refractivity contribution in [1.82, 2.24) is 61.8 Å². The number of ether oxygens (including phenoxy) is 2. The molecule has 13 atom stereocenters. The molecule has 1 fully saturated rings. The molecule has 114 heavy (non-hydrogen) atoms. The van der Waals surface area contributed by atoms with Gasteiger partial charge in [0.2, 0.25) is 47.3 Å². The first-order chi connectivity index (χ1) is 54.1. The van der Waals surface area contributed by atoms with Gasteiger partial charge >= 0.3 is 24.2 Å². The number of aromatic nitrogens is 1. The minimum absolute atomic E-state index is 0.0320. The fourth-order valence-corrected chi connectivity index (χ4v) is 15.0. The van der Waals surface area contributed by atoms with E-state index in [9.17, 15) is 82.4 Å². The zero-order valence-corrected chi connectivity index (χ0v) is 65.6. The van der Waals surface area contributed by atoms with Crippen LogP contribution in [0, 0.1) is 29.6 Å². The minimum atomic E-state index is -2.35. The molecule has 2 bridgehead atoms. The number of nitrogens with one attached hydrogen (secondary N) is 9. The number of imide groups is 1. The molecule has 622 valence electrons. The maximum absolute atomic E-state index is 15.2. The van der Waals surface area contributed by atoms with Crippen LogP contribution in [0.3, 0.4) is 0 Å². The number of aliphatic carboxylic acids is 1. The fraction of sp³-hybridized carbons (Fsp3) is 0.566. The van der Waals surface area contributed by atoms with Crippen LogP contribution in [-0.2, 0) is 100 Å². The molecule has 14 amide bonds. The molecule has 4 aliphatic heterocycles. The fourth-order valence-electron chi connectivity index (χ4n) is 13.5. The van der Waals surface area contributed by atoms with Gasteiger partial charge in [-0.1, -0.05) is 77.8 Å². The van der Waals surface area contributed by atoms with E-state index < -0.39 is 253 Å². The molecule has 7 rings (SSSR count). The number of nitrogens with two attached hydrogens (primary N) is 1. The number of amides is 14. The molecule has 2 unspecified atom stereocenters. The summed E-state index contributed by atoms with van der Waals surface area (Å²) in [6.45, 7) is 5.36. The summed E-state index contributed by atoms with van der Waals surface area (Å²) in [6, 6.07) is 3.10. The van der Waals surface area contributed by atoms with Crippen LogP contribution in [0.15, 0.2) is 65.7 Å². The Bertz CT molecular complexity index is 4110. The third-order valence-corrected chi connectivity index (χ3v) is 22.0. The predicted molar refractivity (Wildman–Crippen MR) is 407 cm³/mol. The number of likely N-dealkylation sites (N-methyl/N-ethyl adjacent to an activating group) is 2. The van der Waals surface area contributed by atoms with Crippen molar-refractivity contribution in [2.45, 2.75) is 185 Å². The lowest BCUT2D eigenvalue weighted by molar-refractivity contribution is -0.148. The number of carbonyl (C=O) groups excluding carboxylic acids is 16. The first-order valence-electron chi connectivity index (χ1n) is 38.0. The van der Waals surface area contributed by atoms with Crippen LogP contribution in [0.5, 0.6) is 0 Å². The number of aromatic amines is 1. The Labute approximate surface area is 660 Å². The number of urea groups is 1. The van der Waals surface area contributed by atoms with Gasteiger partial charge in [0.25, 0.3) is 11.8 Å². The molecule has 5 heterocycles. The number of para-hydroxylation sites is 1. The highest BCUT2D eigenvalue weighted by Gasteiger charge is 2.47. The maximum atomic E-state index is 15.2. The molecule has 0 saturated carbocycles. The number of carboxylic acids is 1. The summed E-state index contributed by atoms with van der Waals surface area (Å²) < 4.78 is 26.4. The van der Waals surface area contributed by atoms with E-state index in [4.69, 9.17) is 15.2 Å². The van der Waals surface area contributed by atoms with Crippen LogP contribution in [0.4, 0.5) is 20.1 Å². The number of hydrogen-bond acceptors (Lipinski definition) is 22. The molecule has 4 aliphatic rings. The maximum Gasteiger partial charge on any atom is 0.409 e. The number of benzene rings is 2. The van der Waals surface area contributed by atoms with E-state index >= 15 is 18.6 Å². The molecule has 3 aromatic rings. The number of unbranched alkanes of at least 4 members (excludes halogenated alkanes) is 2. The van der Waals surface area contributed by atoms with Crippen molar-refractivity contribution in [2.75, 3.05) is 71.0 Å². The van der Waals surface area contributed by atoms with Gasteiger partial charge in [-0.05, 0) is 73.3 Å². The van der Waals surface area contributed by atoms with Crippen molar-refractivity contribution < 1.29 is 111 Å². The van der Waals surface area contributed by atoms with Gasteiger partial charge in [-0.2, -0.15) is 0 Å². The van der Waals surface area contributed by atoms with Crippen molar-refractivity contribution in [2.24, 2.45) is 35.3 Å². The minimum Gasteiger partial charge on any atom is -0.481 e. The molecule has 1 saturated heterocycles. The average Bonchev–Trinajstić information content (AvgIpc) is 1.64. The van der Waals surface area contributed by atoms with Gasteiger partial charge in [-0.3, -0.25) is 76.2 Å². The van der Waals surface area contributed by atoms with Crippen LogP contribution in [-0.4, -0.2) is 259 Å². The van der Waals surface area contributed by atoms with Gasteiger partial charge in [0.05, 0.1) is 66.8 Å². The number of nitrogens with zero attached hydrogens (tertiary/aromatic N) is 4. The summed E-state index contributed by atoms with van der Waals surface area (Å²) in [5.74, 6) is -17.9. The summed E-state index contributed by atoms with van der Waals surface area (Å²) in [4.78, 5) is 239. The third kappa shape index (κ3) is 25.8. The molecule has 37 nitrogen and oxygen atoms in total. The number of ketones is 3. The number of aliphatic hydroxyl groups excluding tert-OH is 2. The van der Waals surface area contributed by atoms with E-state index in [0.717, 1.165) is 19.6 Å². The summed E-state index contributed by atoms with van der Waals surface area (Å²) in [6.07, 6.45) is -5.30. The van der Waals surface area contributed by atoms with Crippen molar-refractivity contribution in [3.63, 3.8) is 0 Å². The number of anilines is 1. The van der Waals surface area contributed by atoms with Gasteiger partial charge < -0.3 is 92.7 Å². The summed E-state index contributed by atoms with van der Waals surface area (Å²) in [5.41, 5.74) is 6.58. The molecule has 14 N–H and O–H groups in total. The number of carbonyl (C=O) groups is 17. The van der Waals surface area contributed by atoms with E-state index in [1.807, 2.05) is 0 Å². The monoisotopic (exact) mass is 1610 g/mol. The number of rotatable bonds is 29. The number of carboxylic acid groups (broad SMARTS) is 1. The molecule has 2 aromatic carbocycles. The Kier molecular flexibility index (Phi) is 33.8. The first-order valence-corrected chi connectivity index (χ1v) is 39.3. The van der Waals surface area contributed by atoms with E-state index in [-0.39, 0.29) is 74.7 Å². The van der Waals surface area contributed by atoms with E-state index in [0.29, 0.717) is 42.1 Å². The van der Waals surface area contributed by atoms with E-state index in [1.165, 1.54) is 45.3 Å². The second-order valence-corrected chi connectivity index (χ2v) is 30.9. The lowest BCUT2D eigenvalue weighted by atomic mass is 9.83. The SMILES string of the molecule is CC[C@H](C)[C@H]1NC(=O)CCC(=O)[C@@H]2CC(=O)[C@@H]([C@@H](C)[C@@H](O)CO)NC(=O)C3C[C@H](OC(=O)N(C)CCN(C)C(=O)OCc4ccc(NC(=O)[C@@H](CCCNC(N)=O)NC(=O)[C@@H](NC(=O)CCCCCN5C(=O)C=CC5=O)C(C)C)cc4)CN3C(=O)[C@H](CC(=O)O)CC(=O)[C@H](CS(=O)c3[nH]c4ccccc4c3C2)NC(=O)CNC1=O. The number of hydrogen-bond donors (Lipinski definition) is 13. The van der Waals surface area contributed by atoms with E-state index in [2.05, 4.69) is 47.5 Å². The van der Waals surface area contributed by atoms with Crippen molar-refractivity contribution >= 4 is 128 Å². The Balaban J connectivity index is 1.04. The topological polar surface area (TPSA) is 537 Å². The summed E-state index contributed by atoms with van der Waals surface area (Å²) in [7, 11) is 0.320. The van der Waals surface area contributed by atoms with Crippen molar-refractivity contribution in [3.8, 4) is 0 Å². The standard InChI is InChI=1S/C76H104N14O23S/c1-8-42(4)66-70(105)79-36-61(98)81-53-40-114(111)72-50(49-15-11-12-16-51(49)83-72)31-45(55(92)23-24-60(97)85-66)32-57(94)67(43(5)58(95)38-91)86-69(104)54-35-48(37-90(54)73(107)46(33-56(53)93)34-64(101)102)113-76(110)88(7)30-29-87(6)75(109)112-39-44-19-21-47(22-20-44)80-68(103)52(17-14-27-78-74(77)108)82-71(106)65(41(2)3)84-59(96)18-10-9-13-28-89-62(99)25-26-63(89)100/h11-12,15-16,19-22,25-26,41-43,45-46,48,52-54,58,65-67,83,91,95H,8-10,13-14,17-18,23-24,27-40H2,1-7H3,(H,79,105)(H,80,103)(H,81,98)(H,82,106)(H,84,96)(H,85,97)(H,86,104)(H,101,102)(H3,77,78,108)/t42-,43-,45-,46-,48-,52+,53-,54?,58-,65-,66+,67+,114?/m0/s1. The van der Waals surface area contributed by atoms with Gasteiger partial charge in [0.1, 0.15) is 47.7 Å². The Hall–Kier alpha value is -11.0. The molecular weight excluding hydrogens is 1510 g/mol. The zero-order chi connectivity index (χ0) is 83.8. The van der Waals surface area contributed by atoms with Gasteiger partial charge in [-0.15, -0.1) is 0 Å². The van der Waals surface area contributed by atoms with Gasteiger partial charge in [0, 0.05) is 119 Å². The quantitative estimate of drug-likeness (QED) is 0.0327. The number of H-pyrrole nitrogens is 1. The Morgan fingerprint density at radius 3 is 2.10 bits per heavy atom. The molecule has 0 spiro atoms. The average molecular weight is 1610 g/mol. The van der Waals surface area contributed by atoms with Gasteiger partial charge in [0.15, 0.2) is 11.6 Å². The second kappa shape index (κ2) is 42.7. The zero-order valence-electron chi connectivity index (χ0n) is 64.8. The number of primary amides is 1. The first kappa shape index (κ1) is 90.2.